The molecule has 1 atom stereocenters. The highest BCUT2D eigenvalue weighted by atomic mass is 15.4. The number of hydrogen-bond donors (Lipinski definition) is 2. The van der Waals surface area contributed by atoms with E-state index < -0.39 is 0 Å². The molecule has 0 spiro atoms. The second kappa shape index (κ2) is 3.76. The molecular formula is C12H15N5. The molecule has 1 aliphatic rings. The van der Waals surface area contributed by atoms with Crippen molar-refractivity contribution in [1.29, 1.82) is 0 Å². The number of nitrogens with two attached hydrogens (primary N) is 2. The minimum Gasteiger partial charge on any atom is -0.399 e. The maximum atomic E-state index is 5.82. The van der Waals surface area contributed by atoms with Crippen LogP contribution >= 0.6 is 0 Å². The molecule has 5 heteroatoms. The van der Waals surface area contributed by atoms with Gasteiger partial charge in [-0.1, -0.05) is 12.1 Å². The Morgan fingerprint density at radius 3 is 3.00 bits per heavy atom. The summed E-state index contributed by atoms with van der Waals surface area (Å²) < 4.78 is 1.94. The van der Waals surface area contributed by atoms with Crippen LogP contribution in [0, 0.1) is 0 Å². The van der Waals surface area contributed by atoms with Gasteiger partial charge >= 0.3 is 0 Å². The normalized spacial score (nSPS) is 18.9. The van der Waals surface area contributed by atoms with Crippen molar-refractivity contribution >= 4 is 11.6 Å². The van der Waals surface area contributed by atoms with Crippen LogP contribution in [0.1, 0.15) is 30.3 Å². The van der Waals surface area contributed by atoms with Crippen LogP contribution in [0.4, 0.5) is 11.6 Å². The van der Waals surface area contributed by atoms with E-state index in [-0.39, 0.29) is 6.04 Å². The predicted octanol–water partition coefficient (Wildman–Crippen LogP) is 1.37. The minimum atomic E-state index is 0.215. The Bertz CT molecular complexity index is 546. The minimum absolute atomic E-state index is 0.215. The Morgan fingerprint density at radius 2 is 2.18 bits per heavy atom. The molecule has 2 heterocycles. The van der Waals surface area contributed by atoms with Gasteiger partial charge < -0.3 is 11.5 Å². The molecule has 0 aliphatic carbocycles. The zero-order valence-corrected chi connectivity index (χ0v) is 9.50. The molecule has 1 aliphatic heterocycles. The summed E-state index contributed by atoms with van der Waals surface area (Å²) >= 11 is 0. The highest BCUT2D eigenvalue weighted by molar-refractivity contribution is 5.42. The van der Waals surface area contributed by atoms with E-state index in [1.165, 1.54) is 5.56 Å². The fourth-order valence-electron chi connectivity index (χ4n) is 2.44. The van der Waals surface area contributed by atoms with Crippen molar-refractivity contribution in [2.45, 2.75) is 25.3 Å². The molecule has 3 rings (SSSR count). The molecule has 1 aromatic heterocycles. The monoisotopic (exact) mass is 229 g/mol. The van der Waals surface area contributed by atoms with Crippen molar-refractivity contribution < 1.29 is 0 Å². The van der Waals surface area contributed by atoms with Crippen molar-refractivity contribution in [1.82, 2.24) is 14.8 Å². The van der Waals surface area contributed by atoms with E-state index in [1.807, 2.05) is 22.9 Å². The lowest BCUT2D eigenvalue weighted by molar-refractivity contribution is 0.413. The number of aryl methyl sites for hydroxylation is 1. The summed E-state index contributed by atoms with van der Waals surface area (Å²) in [7, 11) is 0. The van der Waals surface area contributed by atoms with Crippen LogP contribution in [0.2, 0.25) is 0 Å². The number of nitrogen functional groups attached to an aromatic ring is 2. The molecule has 0 bridgehead atoms. The smallest absolute Gasteiger partial charge is 0.239 e. The van der Waals surface area contributed by atoms with Crippen LogP contribution in [0.5, 0.6) is 0 Å². The quantitative estimate of drug-likeness (QED) is 0.723. The van der Waals surface area contributed by atoms with Crippen molar-refractivity contribution in [3.63, 3.8) is 0 Å². The van der Waals surface area contributed by atoms with Crippen molar-refractivity contribution in [2.75, 3.05) is 11.5 Å². The summed E-state index contributed by atoms with van der Waals surface area (Å²) in [6.07, 6.45) is 3.11. The lowest BCUT2D eigenvalue weighted by Gasteiger charge is -2.23. The number of aromatic nitrogens is 3. The molecule has 0 saturated carbocycles. The van der Waals surface area contributed by atoms with E-state index >= 15 is 0 Å². The number of hydrogen-bond acceptors (Lipinski definition) is 4. The summed E-state index contributed by atoms with van der Waals surface area (Å²) in [6.45, 7) is 0. The van der Waals surface area contributed by atoms with Gasteiger partial charge in [-0.2, -0.15) is 4.98 Å². The van der Waals surface area contributed by atoms with Crippen LogP contribution in [0.3, 0.4) is 0 Å². The summed E-state index contributed by atoms with van der Waals surface area (Å²) in [5.41, 5.74) is 13.4. The van der Waals surface area contributed by atoms with Gasteiger partial charge in [0.05, 0.1) is 6.04 Å². The first-order chi connectivity index (χ1) is 8.24. The molecule has 2 aromatic rings. The van der Waals surface area contributed by atoms with Crippen LogP contribution in [-0.2, 0) is 6.42 Å². The SMILES string of the molecule is Nc1cccc(C2CCCc3nc(N)nn32)c1. The number of rotatable bonds is 1. The number of benzene rings is 1. The summed E-state index contributed by atoms with van der Waals surface area (Å²) in [5.74, 6) is 1.33. The molecule has 0 amide bonds. The van der Waals surface area contributed by atoms with Crippen LogP contribution in [-0.4, -0.2) is 14.8 Å². The Labute approximate surface area is 99.4 Å². The topological polar surface area (TPSA) is 82.8 Å². The molecule has 4 N–H and O–H groups in total. The Morgan fingerprint density at radius 1 is 1.29 bits per heavy atom. The van der Waals surface area contributed by atoms with Gasteiger partial charge in [0.1, 0.15) is 5.82 Å². The third-order valence-corrected chi connectivity index (χ3v) is 3.19. The molecule has 17 heavy (non-hydrogen) atoms. The molecular weight excluding hydrogens is 214 g/mol. The average molecular weight is 229 g/mol. The van der Waals surface area contributed by atoms with E-state index in [0.717, 1.165) is 30.8 Å². The largest absolute Gasteiger partial charge is 0.399 e. The van der Waals surface area contributed by atoms with Crippen LogP contribution < -0.4 is 11.5 Å². The predicted molar refractivity (Wildman–Crippen MR) is 66.4 cm³/mol. The van der Waals surface area contributed by atoms with Gasteiger partial charge in [0.2, 0.25) is 5.95 Å². The second-order valence-electron chi connectivity index (χ2n) is 4.41. The maximum absolute atomic E-state index is 5.82. The standard InChI is InChI=1S/C12H15N5/c13-9-4-1-3-8(7-9)10-5-2-6-11-15-12(14)16-17(10)11/h1,3-4,7,10H,2,5-6,13H2,(H2,14,16). The fourth-order valence-corrected chi connectivity index (χ4v) is 2.44. The van der Waals surface area contributed by atoms with Gasteiger partial charge in [0.25, 0.3) is 0 Å². The lowest BCUT2D eigenvalue weighted by Crippen LogP contribution is -2.20. The second-order valence-corrected chi connectivity index (χ2v) is 4.41. The number of anilines is 2. The van der Waals surface area contributed by atoms with Crippen molar-refractivity contribution in [2.24, 2.45) is 0 Å². The van der Waals surface area contributed by atoms with Gasteiger partial charge in [-0.05, 0) is 30.5 Å². The first-order valence-electron chi connectivity index (χ1n) is 5.80. The number of nitrogens with zero attached hydrogens (tertiary/aromatic N) is 3. The first-order valence-corrected chi connectivity index (χ1v) is 5.80. The Hall–Kier alpha value is -2.04. The molecule has 5 nitrogen and oxygen atoms in total. The fraction of sp³-hybridized carbons (Fsp3) is 0.333. The third-order valence-electron chi connectivity index (χ3n) is 3.19. The maximum Gasteiger partial charge on any atom is 0.239 e. The molecule has 1 unspecified atom stereocenters. The highest BCUT2D eigenvalue weighted by Crippen LogP contribution is 2.30. The average Bonchev–Trinajstić information content (AvgIpc) is 2.68. The van der Waals surface area contributed by atoms with E-state index in [4.69, 9.17) is 11.5 Å². The highest BCUT2D eigenvalue weighted by Gasteiger charge is 2.23. The lowest BCUT2D eigenvalue weighted by atomic mass is 9.97. The van der Waals surface area contributed by atoms with Gasteiger partial charge in [-0.15, -0.1) is 5.10 Å². The first kappa shape index (κ1) is 10.1. The van der Waals surface area contributed by atoms with E-state index in [1.54, 1.807) is 0 Å². The molecule has 0 fully saturated rings. The Kier molecular flexibility index (Phi) is 2.24. The van der Waals surface area contributed by atoms with Gasteiger partial charge in [0.15, 0.2) is 0 Å². The zero-order chi connectivity index (χ0) is 11.8. The van der Waals surface area contributed by atoms with Crippen molar-refractivity contribution in [3.8, 4) is 0 Å². The van der Waals surface area contributed by atoms with E-state index in [0.29, 0.717) is 5.95 Å². The molecule has 1 aromatic carbocycles. The molecule has 88 valence electrons. The van der Waals surface area contributed by atoms with Gasteiger partial charge in [-0.25, -0.2) is 4.68 Å². The summed E-state index contributed by atoms with van der Waals surface area (Å²) in [6, 6.07) is 8.15. The van der Waals surface area contributed by atoms with E-state index in [9.17, 15) is 0 Å². The van der Waals surface area contributed by atoms with Crippen LogP contribution in [0.15, 0.2) is 24.3 Å². The third kappa shape index (κ3) is 1.73. The zero-order valence-electron chi connectivity index (χ0n) is 9.50. The van der Waals surface area contributed by atoms with Crippen LogP contribution in [0.25, 0.3) is 0 Å². The van der Waals surface area contributed by atoms with Gasteiger partial charge in [0, 0.05) is 12.1 Å². The van der Waals surface area contributed by atoms with Gasteiger partial charge in [-0.3, -0.25) is 0 Å². The molecule has 0 saturated heterocycles. The Balaban J connectivity index is 2.05. The van der Waals surface area contributed by atoms with E-state index in [2.05, 4.69) is 16.1 Å². The van der Waals surface area contributed by atoms with Crippen molar-refractivity contribution in [3.05, 3.63) is 35.7 Å². The summed E-state index contributed by atoms with van der Waals surface area (Å²) in [5, 5.41) is 4.28. The molecule has 0 radical (unpaired) electrons. The number of fused-ring (bicyclic) bond motifs is 1. The summed E-state index contributed by atoms with van der Waals surface area (Å²) in [4.78, 5) is 4.25.